The number of anilines is 1. The van der Waals surface area contributed by atoms with E-state index < -0.39 is 24.2 Å². The van der Waals surface area contributed by atoms with Crippen LogP contribution in [0.3, 0.4) is 0 Å². The maximum Gasteiger partial charge on any atom is 0.340 e. The number of imide groups is 1. The van der Waals surface area contributed by atoms with Crippen LogP contribution in [-0.4, -0.2) is 30.2 Å². The van der Waals surface area contributed by atoms with Gasteiger partial charge >= 0.3 is 5.97 Å². The summed E-state index contributed by atoms with van der Waals surface area (Å²) < 4.78 is 18.2. The molecule has 0 N–H and O–H groups in total. The Kier molecular flexibility index (Phi) is 4.68. The van der Waals surface area contributed by atoms with Crippen molar-refractivity contribution >= 4 is 29.3 Å². The SMILES string of the molecule is O=C(COC(=O)c1ccccc1N1C(=O)[C@H]2[C@H]3CC[C@@H](C3)[C@@H]2C1=O)c1ccc(F)cc1. The molecule has 2 bridgehead atoms. The topological polar surface area (TPSA) is 80.8 Å². The lowest BCUT2D eigenvalue weighted by atomic mass is 9.81. The number of Topliss-reactive ketones (excluding diaryl/α,β-unsaturated/α-hetero) is 1. The molecule has 6 nitrogen and oxygen atoms in total. The molecule has 0 unspecified atom stereocenters. The maximum atomic E-state index is 13.1. The van der Waals surface area contributed by atoms with Crippen molar-refractivity contribution in [1.82, 2.24) is 0 Å². The van der Waals surface area contributed by atoms with Crippen molar-refractivity contribution in [3.8, 4) is 0 Å². The molecular formula is C24H20FNO5. The molecule has 1 heterocycles. The summed E-state index contributed by atoms with van der Waals surface area (Å²) in [6, 6.07) is 11.2. The summed E-state index contributed by atoms with van der Waals surface area (Å²) >= 11 is 0. The number of carbonyl (C=O) groups is 4. The molecule has 0 radical (unpaired) electrons. The molecule has 2 aromatic rings. The van der Waals surface area contributed by atoms with Crippen molar-refractivity contribution in [1.29, 1.82) is 0 Å². The minimum Gasteiger partial charge on any atom is -0.454 e. The second-order valence-corrected chi connectivity index (χ2v) is 8.42. The van der Waals surface area contributed by atoms with Crippen LogP contribution in [0.2, 0.25) is 0 Å². The van der Waals surface area contributed by atoms with Crippen molar-refractivity contribution < 1.29 is 28.3 Å². The number of nitrogens with zero attached hydrogens (tertiary/aromatic N) is 1. The highest BCUT2D eigenvalue weighted by atomic mass is 19.1. The highest BCUT2D eigenvalue weighted by Crippen LogP contribution is 2.56. The van der Waals surface area contributed by atoms with E-state index in [2.05, 4.69) is 0 Å². The number of hydrogen-bond acceptors (Lipinski definition) is 5. The minimum atomic E-state index is -0.799. The summed E-state index contributed by atoms with van der Waals surface area (Å²) in [6.07, 6.45) is 2.86. The first-order valence-corrected chi connectivity index (χ1v) is 10.4. The molecular weight excluding hydrogens is 401 g/mol. The Morgan fingerprint density at radius 1 is 0.935 bits per heavy atom. The lowest BCUT2D eigenvalue weighted by Crippen LogP contribution is -2.34. The molecule has 7 heteroatoms. The molecule has 0 spiro atoms. The Morgan fingerprint density at radius 3 is 2.19 bits per heavy atom. The van der Waals surface area contributed by atoms with Gasteiger partial charge in [-0.05, 0) is 67.5 Å². The molecule has 2 saturated carbocycles. The molecule has 158 valence electrons. The molecule has 1 aliphatic heterocycles. The average Bonchev–Trinajstić information content (AvgIpc) is 3.46. The molecule has 2 aliphatic carbocycles. The van der Waals surface area contributed by atoms with Crippen molar-refractivity contribution in [3.05, 3.63) is 65.5 Å². The normalized spacial score (nSPS) is 26.3. The molecule has 4 atom stereocenters. The van der Waals surface area contributed by atoms with Gasteiger partial charge in [0, 0.05) is 5.56 Å². The fourth-order valence-electron chi connectivity index (χ4n) is 5.42. The van der Waals surface area contributed by atoms with Gasteiger partial charge in [0.15, 0.2) is 12.4 Å². The molecule has 1 saturated heterocycles. The smallest absolute Gasteiger partial charge is 0.340 e. The largest absolute Gasteiger partial charge is 0.454 e. The summed E-state index contributed by atoms with van der Waals surface area (Å²) in [5.41, 5.74) is 0.477. The van der Waals surface area contributed by atoms with Gasteiger partial charge in [-0.1, -0.05) is 12.1 Å². The van der Waals surface area contributed by atoms with E-state index in [4.69, 9.17) is 4.74 Å². The van der Waals surface area contributed by atoms with Crippen molar-refractivity contribution in [2.75, 3.05) is 11.5 Å². The van der Waals surface area contributed by atoms with Gasteiger partial charge in [0.2, 0.25) is 11.8 Å². The molecule has 31 heavy (non-hydrogen) atoms. The van der Waals surface area contributed by atoms with Crippen LogP contribution in [-0.2, 0) is 14.3 Å². The Hall–Kier alpha value is -3.35. The Bertz CT molecular complexity index is 1070. The van der Waals surface area contributed by atoms with E-state index in [0.717, 1.165) is 36.3 Å². The molecule has 0 aromatic heterocycles. The predicted octanol–water partition coefficient (Wildman–Crippen LogP) is 3.40. The van der Waals surface area contributed by atoms with Gasteiger partial charge < -0.3 is 4.74 Å². The monoisotopic (exact) mass is 421 g/mol. The van der Waals surface area contributed by atoms with Crippen LogP contribution in [0.15, 0.2) is 48.5 Å². The van der Waals surface area contributed by atoms with Crippen LogP contribution in [0.4, 0.5) is 10.1 Å². The van der Waals surface area contributed by atoms with Gasteiger partial charge in [-0.15, -0.1) is 0 Å². The van der Waals surface area contributed by atoms with Crippen molar-refractivity contribution in [2.24, 2.45) is 23.7 Å². The van der Waals surface area contributed by atoms with Crippen molar-refractivity contribution in [2.45, 2.75) is 19.3 Å². The number of benzene rings is 2. The van der Waals surface area contributed by atoms with Crippen LogP contribution in [0.25, 0.3) is 0 Å². The number of hydrogen-bond donors (Lipinski definition) is 0. The zero-order chi connectivity index (χ0) is 21.7. The molecule has 5 rings (SSSR count). The number of esters is 1. The third-order valence-corrected chi connectivity index (χ3v) is 6.79. The zero-order valence-corrected chi connectivity index (χ0v) is 16.6. The van der Waals surface area contributed by atoms with E-state index in [0.29, 0.717) is 0 Å². The van der Waals surface area contributed by atoms with Gasteiger partial charge in [0.05, 0.1) is 23.1 Å². The number of para-hydroxylation sites is 1. The standard InChI is InChI=1S/C24H20FNO5/c25-16-9-7-13(8-10-16)19(27)12-31-24(30)17-3-1-2-4-18(17)26-22(28)20-14-5-6-15(11-14)21(20)23(26)29/h1-4,7-10,14-15,20-21H,5-6,11-12H2/t14-,15-,20-,21-/m0/s1. The highest BCUT2D eigenvalue weighted by Gasteiger charge is 2.61. The number of rotatable bonds is 5. The highest BCUT2D eigenvalue weighted by molar-refractivity contribution is 6.24. The molecule has 2 aromatic carbocycles. The summed E-state index contributed by atoms with van der Waals surface area (Å²) in [5.74, 6) is -2.36. The van der Waals surface area contributed by atoms with E-state index in [-0.39, 0.29) is 52.3 Å². The van der Waals surface area contributed by atoms with Crippen LogP contribution < -0.4 is 4.90 Å². The first-order valence-electron chi connectivity index (χ1n) is 10.4. The lowest BCUT2D eigenvalue weighted by molar-refractivity contribution is -0.123. The summed E-state index contributed by atoms with van der Waals surface area (Å²) in [5, 5.41) is 0. The number of ketones is 1. The summed E-state index contributed by atoms with van der Waals surface area (Å²) in [6.45, 7) is -0.532. The van der Waals surface area contributed by atoms with Crippen LogP contribution >= 0.6 is 0 Å². The fraction of sp³-hybridized carbons (Fsp3) is 0.333. The van der Waals surface area contributed by atoms with E-state index in [1.54, 1.807) is 18.2 Å². The maximum absolute atomic E-state index is 13.1. The number of carbonyl (C=O) groups excluding carboxylic acids is 4. The zero-order valence-electron chi connectivity index (χ0n) is 16.6. The fourth-order valence-corrected chi connectivity index (χ4v) is 5.42. The van der Waals surface area contributed by atoms with E-state index in [9.17, 15) is 23.6 Å². The second-order valence-electron chi connectivity index (χ2n) is 8.42. The number of amides is 2. The molecule has 3 aliphatic rings. The van der Waals surface area contributed by atoms with Gasteiger partial charge in [-0.3, -0.25) is 14.4 Å². The number of ether oxygens (including phenoxy) is 1. The van der Waals surface area contributed by atoms with Crippen LogP contribution in [0.5, 0.6) is 0 Å². The van der Waals surface area contributed by atoms with Crippen LogP contribution in [0, 0.1) is 29.5 Å². The Balaban J connectivity index is 1.35. The molecule has 3 fully saturated rings. The van der Waals surface area contributed by atoms with Gasteiger partial charge in [0.1, 0.15) is 5.82 Å². The third kappa shape index (κ3) is 3.15. The van der Waals surface area contributed by atoms with Gasteiger partial charge in [0.25, 0.3) is 0 Å². The third-order valence-electron chi connectivity index (χ3n) is 6.79. The predicted molar refractivity (Wildman–Crippen MR) is 108 cm³/mol. The number of fused-ring (bicyclic) bond motifs is 5. The minimum absolute atomic E-state index is 0.0587. The van der Waals surface area contributed by atoms with E-state index in [1.165, 1.54) is 18.2 Å². The Morgan fingerprint density at radius 2 is 1.55 bits per heavy atom. The summed E-state index contributed by atoms with van der Waals surface area (Å²) in [7, 11) is 0. The number of halogens is 1. The molecule has 2 amide bonds. The lowest BCUT2D eigenvalue weighted by Gasteiger charge is -2.19. The van der Waals surface area contributed by atoms with Crippen LogP contribution in [0.1, 0.15) is 40.0 Å². The van der Waals surface area contributed by atoms with E-state index in [1.807, 2.05) is 0 Å². The second kappa shape index (κ2) is 7.41. The van der Waals surface area contributed by atoms with Gasteiger partial charge in [-0.2, -0.15) is 0 Å². The van der Waals surface area contributed by atoms with E-state index >= 15 is 0 Å². The Labute approximate surface area is 178 Å². The summed E-state index contributed by atoms with van der Waals surface area (Å²) in [4.78, 5) is 52.3. The quantitative estimate of drug-likeness (QED) is 0.420. The average molecular weight is 421 g/mol. The van der Waals surface area contributed by atoms with Crippen molar-refractivity contribution in [3.63, 3.8) is 0 Å². The first-order chi connectivity index (χ1) is 15.0. The van der Waals surface area contributed by atoms with Gasteiger partial charge in [-0.25, -0.2) is 14.1 Å². The first kappa shape index (κ1) is 19.6.